The summed E-state index contributed by atoms with van der Waals surface area (Å²) in [6.07, 6.45) is 2.01. The summed E-state index contributed by atoms with van der Waals surface area (Å²) >= 11 is 107. The van der Waals surface area contributed by atoms with Gasteiger partial charge in [0.2, 0.25) is 0 Å². The van der Waals surface area contributed by atoms with Gasteiger partial charge in [-0.1, -0.05) is 239 Å². The normalized spacial score (nSPS) is 10.6. The summed E-state index contributed by atoms with van der Waals surface area (Å²) in [5, 5.41) is 26.0. The maximum Gasteiger partial charge on any atom is 0.346 e. The lowest BCUT2D eigenvalue weighted by Crippen LogP contribution is -2.25. The summed E-state index contributed by atoms with van der Waals surface area (Å²) in [7, 11) is 3.94. The summed E-state index contributed by atoms with van der Waals surface area (Å²) in [4.78, 5) is 57.1. The predicted molar refractivity (Wildman–Crippen MR) is 540 cm³/mol. The smallest absolute Gasteiger partial charge is 0.346 e. The zero-order valence-electron chi connectivity index (χ0n) is 71.5. The number of ether oxygens (including phenoxy) is 15. The van der Waals surface area contributed by atoms with Crippen molar-refractivity contribution in [3.8, 4) is 103 Å². The Bertz CT molecular complexity index is 6210. The van der Waals surface area contributed by atoms with Crippen LogP contribution in [0.15, 0.2) is 249 Å². The highest BCUT2D eigenvalue weighted by molar-refractivity contribution is 6.39. The lowest BCUT2D eigenvalue weighted by atomic mass is 10.2. The molecule has 2 N–H and O–H groups in total. The summed E-state index contributed by atoms with van der Waals surface area (Å²) in [5.41, 5.74) is 0.958. The van der Waals surface area contributed by atoms with Crippen LogP contribution >= 0.6 is 209 Å². The molecule has 13 aromatic carbocycles. The second-order valence-corrected chi connectivity index (χ2v) is 34.8. The minimum Gasteiger partial charge on any atom is -0.504 e. The van der Waals surface area contributed by atoms with Gasteiger partial charge >= 0.3 is 29.8 Å². The SMILES string of the molecule is COC(=O)C(C)Oc1cc(Cl)ccc1Oc1ccc(Cl)cc1Cl.COC(=O)CCCCCOc1cc(Cl)ccc1Oc1ccc(Cl)cc1Cl.COC(=O)COc1cc(Cl)ccc1Oc1ccc(Cl)cc1Cl.O=C(CO)Oc1cc(Cl)ccc1Oc1ccc(Cl)cc1Cl.O=C(COCc1ccccc1)Oc1cc(Cl)ccc1Oc1ccc(Cl)cc1Cl.Oc1cc(Cl)ccc1Oc1ccc(Cl)cc1Cl. The molecule has 0 amide bonds. The van der Waals surface area contributed by atoms with Gasteiger partial charge in [-0.2, -0.15) is 0 Å². The van der Waals surface area contributed by atoms with Crippen LogP contribution in [-0.2, 0) is 49.5 Å². The quantitative estimate of drug-likeness (QED) is 0.0172. The number of hydrogen-bond acceptors (Lipinski definition) is 22. The van der Waals surface area contributed by atoms with Crippen LogP contribution in [0.5, 0.6) is 103 Å². The molecule has 137 heavy (non-hydrogen) atoms. The topological polar surface area (TPSA) is 264 Å². The molecule has 22 nitrogen and oxygen atoms in total. The molecule has 1 unspecified atom stereocenters. The van der Waals surface area contributed by atoms with E-state index < -0.39 is 36.6 Å². The predicted octanol–water partition coefficient (Wildman–Crippen LogP) is 33.0. The van der Waals surface area contributed by atoms with Crippen LogP contribution in [-0.4, -0.2) is 93.9 Å². The molecule has 0 aromatic heterocycles. The first-order valence-corrected chi connectivity index (χ1v) is 46.3. The van der Waals surface area contributed by atoms with Crippen molar-refractivity contribution >= 4 is 239 Å². The van der Waals surface area contributed by atoms with E-state index in [1.165, 1.54) is 57.7 Å². The number of unbranched alkanes of at least 4 members (excludes halogenated alkanes) is 2. The molecule has 0 heterocycles. The van der Waals surface area contributed by atoms with Gasteiger partial charge in [-0.05, 0) is 214 Å². The average Bonchev–Trinajstić information content (AvgIpc) is 0.864. The van der Waals surface area contributed by atoms with E-state index in [4.69, 9.17) is 271 Å². The maximum atomic E-state index is 12.1. The van der Waals surface area contributed by atoms with Crippen molar-refractivity contribution < 1.29 is 105 Å². The first-order valence-electron chi connectivity index (χ1n) is 39.5. The van der Waals surface area contributed by atoms with Gasteiger partial charge in [-0.3, -0.25) is 4.79 Å². The first-order chi connectivity index (χ1) is 65.4. The van der Waals surface area contributed by atoms with Crippen molar-refractivity contribution in [3.05, 3.63) is 345 Å². The number of halogens is 18. The number of aliphatic hydroxyl groups is 1. The van der Waals surface area contributed by atoms with Crippen molar-refractivity contribution in [2.24, 2.45) is 0 Å². The van der Waals surface area contributed by atoms with Gasteiger partial charge in [0.15, 0.2) is 81.7 Å². The zero-order chi connectivity index (χ0) is 99.8. The number of methoxy groups -OCH3 is 3. The van der Waals surface area contributed by atoms with Crippen LogP contribution in [0.1, 0.15) is 38.2 Å². The number of esters is 5. The van der Waals surface area contributed by atoms with Crippen molar-refractivity contribution in [2.45, 2.75) is 45.3 Å². The number of phenols is 1. The monoisotopic (exact) mass is 2220 g/mol. The highest BCUT2D eigenvalue weighted by atomic mass is 35.5. The standard InChI is InChI=1S/C21H15Cl3O4.C19H19Cl3O4.C16H13Cl3O4.C15H11Cl3O4.C14H9Cl3O4.C12H7Cl3O2/c22-15-6-8-18(17(24)10-15)27-19-9-7-16(23)11-20(19)28-21(25)13-26-12-14-4-2-1-3-5-14;1-24-19(23)5-3-2-4-10-25-18-12-14(21)7-9-17(18)26-16-8-6-13(20)11-15(16)22;1-9(16(20)21-2)22-15-8-11(18)4-6-14(15)23-13-5-3-10(17)7-12(13)19;1-20-15(19)8-21-14-7-10(17)3-5-13(14)22-12-4-2-9(16)6-11(12)18;15-8-1-3-11(10(17)5-8)20-12-4-2-9(16)6-13(12)21-14(19)7-18;13-7-1-3-11(9(15)5-7)17-12-4-2-8(14)6-10(12)16/h1-11H,12-13H2;6-9,11-12H,2-5,10H2,1H3;3-9H,1-2H3;2-7H,8H2,1H3;1-6,18H,7H2;1-6,16H. The van der Waals surface area contributed by atoms with Crippen LogP contribution in [0.4, 0.5) is 0 Å². The second kappa shape index (κ2) is 58.4. The summed E-state index contributed by atoms with van der Waals surface area (Å²) in [6, 6.07) is 67.0. The number of aliphatic hydroxyl groups excluding tert-OH is 1. The Kier molecular flexibility index (Phi) is 48.0. The van der Waals surface area contributed by atoms with Crippen LogP contribution in [0.3, 0.4) is 0 Å². The molecule has 0 radical (unpaired) electrons. The molecule has 0 aliphatic rings. The van der Waals surface area contributed by atoms with E-state index in [0.29, 0.717) is 179 Å². The number of aromatic hydroxyl groups is 1. The van der Waals surface area contributed by atoms with Crippen molar-refractivity contribution in [3.63, 3.8) is 0 Å². The minimum atomic E-state index is -0.829. The third kappa shape index (κ3) is 39.5. The third-order valence-electron chi connectivity index (χ3n) is 17.0. The zero-order valence-corrected chi connectivity index (χ0v) is 85.1. The highest BCUT2D eigenvalue weighted by Gasteiger charge is 2.23. The second-order valence-electron chi connectivity index (χ2n) is 27.1. The number of rotatable bonds is 32. The molecule has 13 aromatic rings. The molecule has 0 aliphatic heterocycles. The summed E-state index contributed by atoms with van der Waals surface area (Å²) in [6.45, 7) is 1.10. The van der Waals surface area contributed by atoms with Gasteiger partial charge < -0.3 is 81.3 Å². The van der Waals surface area contributed by atoms with E-state index in [0.717, 1.165) is 24.8 Å². The van der Waals surface area contributed by atoms with Crippen LogP contribution in [0, 0.1) is 0 Å². The Morgan fingerprint density at radius 2 is 0.584 bits per heavy atom. The number of carbonyl (C=O) groups is 5. The first kappa shape index (κ1) is 113. The van der Waals surface area contributed by atoms with Crippen LogP contribution in [0.25, 0.3) is 0 Å². The molecule has 0 saturated heterocycles. The van der Waals surface area contributed by atoms with Gasteiger partial charge in [0, 0.05) is 103 Å². The van der Waals surface area contributed by atoms with E-state index in [-0.39, 0.29) is 53.7 Å². The molecule has 40 heteroatoms. The van der Waals surface area contributed by atoms with E-state index in [1.54, 1.807) is 189 Å². The van der Waals surface area contributed by atoms with Crippen LogP contribution < -0.4 is 52.1 Å². The van der Waals surface area contributed by atoms with Gasteiger partial charge in [0.05, 0.1) is 64.7 Å². The Hall–Kier alpha value is -9.65. The van der Waals surface area contributed by atoms with Gasteiger partial charge in [0.25, 0.3) is 0 Å². The molecule has 0 aliphatic carbocycles. The molecule has 0 fully saturated rings. The van der Waals surface area contributed by atoms with E-state index in [9.17, 15) is 29.1 Å². The Morgan fingerprint density at radius 1 is 0.285 bits per heavy atom. The van der Waals surface area contributed by atoms with E-state index in [1.807, 2.05) is 30.3 Å². The Balaban J connectivity index is 0.000000203. The van der Waals surface area contributed by atoms with Crippen molar-refractivity contribution in [2.75, 3.05) is 47.8 Å². The molecule has 13 rings (SSSR count). The maximum absolute atomic E-state index is 12.1. The minimum absolute atomic E-state index is 0.0523. The molecular weight excluding hydrogens is 2160 g/mol. The van der Waals surface area contributed by atoms with Crippen molar-refractivity contribution in [1.29, 1.82) is 0 Å². The summed E-state index contributed by atoms with van der Waals surface area (Å²) < 4.78 is 80.2. The number of benzene rings is 13. The number of phenolic OH excluding ortho intramolecular Hbond substituents is 1. The largest absolute Gasteiger partial charge is 0.504 e. The number of carbonyl (C=O) groups excluding carboxylic acids is 5. The molecule has 0 saturated carbocycles. The fourth-order valence-corrected chi connectivity index (χ4v) is 14.2. The van der Waals surface area contributed by atoms with Crippen LogP contribution in [0.2, 0.25) is 90.4 Å². The van der Waals surface area contributed by atoms with E-state index in [2.05, 4.69) is 14.2 Å². The lowest BCUT2D eigenvalue weighted by Gasteiger charge is -2.16. The van der Waals surface area contributed by atoms with Crippen molar-refractivity contribution in [1.82, 2.24) is 0 Å². The molecule has 720 valence electrons. The average molecular weight is 2230 g/mol. The Labute approximate surface area is 877 Å². The fourth-order valence-electron chi connectivity index (χ4n) is 10.5. The lowest BCUT2D eigenvalue weighted by molar-refractivity contribution is -0.148. The molecule has 1 atom stereocenters. The Morgan fingerprint density at radius 3 is 0.927 bits per heavy atom. The van der Waals surface area contributed by atoms with Gasteiger partial charge in [0.1, 0.15) is 47.7 Å². The third-order valence-corrected chi connectivity index (χ3v) is 21.6. The molecule has 0 bridgehead atoms. The van der Waals surface area contributed by atoms with Gasteiger partial charge in [-0.15, -0.1) is 0 Å². The molecule has 0 spiro atoms. The summed E-state index contributed by atoms with van der Waals surface area (Å²) in [5.74, 6) is 3.05. The number of hydrogen-bond donors (Lipinski definition) is 2. The van der Waals surface area contributed by atoms with Gasteiger partial charge in [-0.25, -0.2) is 19.2 Å². The molecular formula is C97H74Cl18O22. The highest BCUT2D eigenvalue weighted by Crippen LogP contribution is 2.45. The fraction of sp³-hybridized carbons (Fsp3) is 0.144. The van der Waals surface area contributed by atoms with E-state index >= 15 is 0 Å².